The lowest BCUT2D eigenvalue weighted by Crippen LogP contribution is -2.50. The van der Waals surface area contributed by atoms with Crippen LogP contribution in [0, 0.1) is 0 Å². The second-order valence-corrected chi connectivity index (χ2v) is 7.39. The third-order valence-corrected chi connectivity index (χ3v) is 5.13. The molecule has 0 bridgehead atoms. The van der Waals surface area contributed by atoms with Crippen molar-refractivity contribution in [3.63, 3.8) is 0 Å². The molecule has 4 N–H and O–H groups in total. The number of hydrogen-bond donors (Lipinski definition) is 4. The number of aromatic nitrogens is 1. The molecule has 0 aliphatic rings. The molecule has 2 atom stereocenters. The average molecular weight is 466 g/mol. The molecular formula is C22H21F3N2O6. The summed E-state index contributed by atoms with van der Waals surface area (Å²) in [4.78, 5) is 12.2. The van der Waals surface area contributed by atoms with Crippen LogP contribution in [0.2, 0.25) is 0 Å². The molecule has 2 aromatic carbocycles. The average Bonchev–Trinajstić information content (AvgIpc) is 3.30. The van der Waals surface area contributed by atoms with Crippen LogP contribution in [0.3, 0.4) is 0 Å². The molecule has 11 heteroatoms. The lowest BCUT2D eigenvalue weighted by molar-refractivity contribution is -0.174. The largest absolute Gasteiger partial charge is 0.416 e. The molecule has 3 aromatic rings. The summed E-state index contributed by atoms with van der Waals surface area (Å²) in [5, 5.41) is 32.4. The van der Waals surface area contributed by atoms with Gasteiger partial charge in [-0.05, 0) is 35.7 Å². The Hall–Kier alpha value is -3.25. The van der Waals surface area contributed by atoms with E-state index in [1.165, 1.54) is 30.6 Å². The van der Waals surface area contributed by atoms with Gasteiger partial charge < -0.3 is 19.5 Å². The minimum Gasteiger partial charge on any atom is -0.388 e. The van der Waals surface area contributed by atoms with E-state index in [0.717, 1.165) is 12.1 Å². The molecule has 8 nitrogen and oxygen atoms in total. The molecule has 176 valence electrons. The Balaban J connectivity index is 1.74. The molecule has 0 aliphatic carbocycles. The fourth-order valence-electron chi connectivity index (χ4n) is 3.07. The molecule has 33 heavy (non-hydrogen) atoms. The summed E-state index contributed by atoms with van der Waals surface area (Å²) in [5.74, 6) is -0.973. The van der Waals surface area contributed by atoms with Crippen LogP contribution >= 0.6 is 0 Å². The number of benzene rings is 2. The highest BCUT2D eigenvalue weighted by molar-refractivity contribution is 5.84. The minimum absolute atomic E-state index is 0.0645. The van der Waals surface area contributed by atoms with E-state index in [-0.39, 0.29) is 18.1 Å². The van der Waals surface area contributed by atoms with Gasteiger partial charge in [-0.25, -0.2) is 5.48 Å². The number of nitrogens with zero attached hydrogens (tertiary/aromatic N) is 1. The Morgan fingerprint density at radius 3 is 2.18 bits per heavy atom. The number of nitrogens with one attached hydrogen (secondary N) is 1. The van der Waals surface area contributed by atoms with Gasteiger partial charge in [-0.3, -0.25) is 10.0 Å². The van der Waals surface area contributed by atoms with Gasteiger partial charge in [0.1, 0.15) is 18.4 Å². The number of hydroxylamine groups is 1. The molecule has 2 unspecified atom stereocenters. The van der Waals surface area contributed by atoms with Crippen LogP contribution in [0.15, 0.2) is 59.1 Å². The number of rotatable bonds is 8. The number of ether oxygens (including phenoxy) is 1. The van der Waals surface area contributed by atoms with E-state index in [4.69, 9.17) is 19.6 Å². The van der Waals surface area contributed by atoms with Gasteiger partial charge >= 0.3 is 6.18 Å². The Kier molecular flexibility index (Phi) is 7.18. The number of alkyl halides is 3. The highest BCUT2D eigenvalue weighted by Crippen LogP contribution is 2.32. The molecule has 1 amide bonds. The number of carbonyl (C=O) groups is 1. The zero-order valence-electron chi connectivity index (χ0n) is 17.3. The molecule has 1 heterocycles. The number of aliphatic hydroxyl groups is 2. The quantitative estimate of drug-likeness (QED) is 0.296. The van der Waals surface area contributed by atoms with Crippen LogP contribution in [-0.2, 0) is 28.9 Å². The standard InChI is InChI=1S/C22H21F3N2O6/c1-21(20(30)26-31,19(29)18-10-17(11-28)33-27-18)32-12-13-2-4-14(5-3-13)15-6-8-16(9-7-15)22(23,24)25/h2-10,19,28-29,31H,11-12H2,1H3,(H,26,30). The van der Waals surface area contributed by atoms with Crippen molar-refractivity contribution in [1.29, 1.82) is 0 Å². The fourth-order valence-corrected chi connectivity index (χ4v) is 3.07. The number of amides is 1. The molecular weight excluding hydrogens is 445 g/mol. The number of aliphatic hydroxyl groups excluding tert-OH is 2. The summed E-state index contributed by atoms with van der Waals surface area (Å²) < 4.78 is 48.6. The van der Waals surface area contributed by atoms with Gasteiger partial charge in [-0.15, -0.1) is 0 Å². The monoisotopic (exact) mass is 466 g/mol. The van der Waals surface area contributed by atoms with Gasteiger partial charge in [0, 0.05) is 6.07 Å². The van der Waals surface area contributed by atoms with Gasteiger partial charge in [-0.1, -0.05) is 41.6 Å². The van der Waals surface area contributed by atoms with Crippen molar-refractivity contribution < 1.29 is 42.6 Å². The molecule has 0 aliphatic heterocycles. The van der Waals surface area contributed by atoms with Crippen LogP contribution < -0.4 is 5.48 Å². The van der Waals surface area contributed by atoms with E-state index < -0.39 is 36.0 Å². The Morgan fingerprint density at radius 2 is 1.70 bits per heavy atom. The molecule has 0 radical (unpaired) electrons. The summed E-state index contributed by atoms with van der Waals surface area (Å²) in [7, 11) is 0. The summed E-state index contributed by atoms with van der Waals surface area (Å²) in [5.41, 5.74) is 0.500. The molecule has 0 saturated heterocycles. The highest BCUT2D eigenvalue weighted by atomic mass is 19.4. The van der Waals surface area contributed by atoms with Gasteiger partial charge in [0.05, 0.1) is 12.2 Å². The molecule has 1 aromatic heterocycles. The van der Waals surface area contributed by atoms with Crippen LogP contribution in [0.4, 0.5) is 13.2 Å². The lowest BCUT2D eigenvalue weighted by atomic mass is 9.95. The van der Waals surface area contributed by atoms with E-state index in [1.807, 2.05) is 0 Å². The second kappa shape index (κ2) is 9.71. The topological polar surface area (TPSA) is 125 Å². The maximum atomic E-state index is 12.7. The van der Waals surface area contributed by atoms with Crippen molar-refractivity contribution in [2.45, 2.75) is 38.0 Å². The Morgan fingerprint density at radius 1 is 1.12 bits per heavy atom. The zero-order chi connectivity index (χ0) is 24.2. The highest BCUT2D eigenvalue weighted by Gasteiger charge is 2.44. The van der Waals surface area contributed by atoms with Crippen molar-refractivity contribution in [2.24, 2.45) is 0 Å². The fraction of sp³-hybridized carbons (Fsp3) is 0.273. The molecule has 3 rings (SSSR count). The van der Waals surface area contributed by atoms with Crippen molar-refractivity contribution in [3.05, 3.63) is 77.2 Å². The summed E-state index contributed by atoms with van der Waals surface area (Å²) in [6.07, 6.45) is -6.05. The second-order valence-electron chi connectivity index (χ2n) is 7.39. The first-order chi connectivity index (χ1) is 15.6. The van der Waals surface area contributed by atoms with Crippen molar-refractivity contribution in [3.8, 4) is 11.1 Å². The predicted molar refractivity (Wildman–Crippen MR) is 107 cm³/mol. The summed E-state index contributed by atoms with van der Waals surface area (Å²) in [6.45, 7) is 0.626. The third kappa shape index (κ3) is 5.40. The first-order valence-electron chi connectivity index (χ1n) is 9.68. The van der Waals surface area contributed by atoms with Crippen molar-refractivity contribution in [1.82, 2.24) is 10.6 Å². The van der Waals surface area contributed by atoms with Crippen LogP contribution in [0.5, 0.6) is 0 Å². The van der Waals surface area contributed by atoms with E-state index in [9.17, 15) is 23.1 Å². The Bertz CT molecular complexity index is 1080. The minimum atomic E-state index is -4.41. The SMILES string of the molecule is CC(OCc1ccc(-c2ccc(C(F)(F)F)cc2)cc1)(C(=O)NO)C(O)c1cc(CO)on1. The summed E-state index contributed by atoms with van der Waals surface area (Å²) >= 11 is 0. The first-order valence-corrected chi connectivity index (χ1v) is 9.68. The number of halogens is 3. The predicted octanol–water partition coefficient (Wildman–Crippen LogP) is 3.37. The smallest absolute Gasteiger partial charge is 0.388 e. The van der Waals surface area contributed by atoms with E-state index in [0.29, 0.717) is 16.7 Å². The summed E-state index contributed by atoms with van der Waals surface area (Å²) in [6, 6.07) is 12.6. The van der Waals surface area contributed by atoms with Gasteiger partial charge in [0.25, 0.3) is 5.91 Å². The van der Waals surface area contributed by atoms with E-state index in [1.54, 1.807) is 24.3 Å². The maximum absolute atomic E-state index is 12.7. The van der Waals surface area contributed by atoms with Gasteiger partial charge in [0.2, 0.25) is 0 Å². The van der Waals surface area contributed by atoms with Crippen LogP contribution in [0.1, 0.15) is 35.6 Å². The Labute approximate surface area is 186 Å². The van der Waals surface area contributed by atoms with Crippen LogP contribution in [-0.4, -0.2) is 32.1 Å². The first kappa shape index (κ1) is 24.4. The van der Waals surface area contributed by atoms with E-state index in [2.05, 4.69) is 5.16 Å². The zero-order valence-corrected chi connectivity index (χ0v) is 17.3. The van der Waals surface area contributed by atoms with E-state index >= 15 is 0 Å². The van der Waals surface area contributed by atoms with Crippen molar-refractivity contribution >= 4 is 5.91 Å². The lowest BCUT2D eigenvalue weighted by Gasteiger charge is -2.31. The van der Waals surface area contributed by atoms with Gasteiger partial charge in [0.15, 0.2) is 11.4 Å². The van der Waals surface area contributed by atoms with Gasteiger partial charge in [-0.2, -0.15) is 13.2 Å². The third-order valence-electron chi connectivity index (χ3n) is 5.13. The number of carbonyl (C=O) groups excluding carboxylic acids is 1. The van der Waals surface area contributed by atoms with Crippen molar-refractivity contribution in [2.75, 3.05) is 0 Å². The normalized spacial score (nSPS) is 14.5. The number of hydrogen-bond acceptors (Lipinski definition) is 7. The molecule has 0 spiro atoms. The molecule has 0 saturated carbocycles. The maximum Gasteiger partial charge on any atom is 0.416 e. The van der Waals surface area contributed by atoms with Crippen LogP contribution in [0.25, 0.3) is 11.1 Å². The molecule has 0 fully saturated rings.